The second-order valence-corrected chi connectivity index (χ2v) is 7.93. The van der Waals surface area contributed by atoms with Gasteiger partial charge in [-0.1, -0.05) is 65.2 Å². The van der Waals surface area contributed by atoms with Gasteiger partial charge in [-0.15, -0.1) is 0 Å². The van der Waals surface area contributed by atoms with Crippen molar-refractivity contribution in [2.45, 2.75) is 84.2 Å². The highest BCUT2D eigenvalue weighted by Gasteiger charge is 2.04. The van der Waals surface area contributed by atoms with Crippen LogP contribution in [0.4, 0.5) is 0 Å². The first kappa shape index (κ1) is 20.7. The van der Waals surface area contributed by atoms with E-state index in [1.165, 1.54) is 75.7 Å². The van der Waals surface area contributed by atoms with Crippen molar-refractivity contribution in [3.8, 4) is 0 Å². The summed E-state index contributed by atoms with van der Waals surface area (Å²) in [6.45, 7) is 4.51. The van der Waals surface area contributed by atoms with Crippen LogP contribution in [0, 0.1) is 0 Å². The molecular weight excluding hydrogens is 284 g/mol. The molecular formula is C17H36OS2. The predicted octanol–water partition coefficient (Wildman–Crippen LogP) is 5.75. The third-order valence-corrected chi connectivity index (χ3v) is 5.80. The maximum Gasteiger partial charge on any atom is 0.0720 e. The highest BCUT2D eigenvalue weighted by atomic mass is 32.2. The van der Waals surface area contributed by atoms with Gasteiger partial charge in [-0.05, 0) is 24.3 Å². The van der Waals surface area contributed by atoms with Gasteiger partial charge in [0.15, 0.2) is 0 Å². The number of thioether (sulfide) groups is 2. The Balaban J connectivity index is 3.11. The van der Waals surface area contributed by atoms with Crippen molar-refractivity contribution in [2.75, 3.05) is 23.0 Å². The van der Waals surface area contributed by atoms with Crippen LogP contribution in [-0.2, 0) is 0 Å². The van der Waals surface area contributed by atoms with Crippen LogP contribution < -0.4 is 0 Å². The smallest absolute Gasteiger partial charge is 0.0720 e. The zero-order chi connectivity index (χ0) is 14.9. The Kier molecular flexibility index (Phi) is 18.3. The van der Waals surface area contributed by atoms with E-state index >= 15 is 0 Å². The van der Waals surface area contributed by atoms with E-state index in [0.717, 1.165) is 11.5 Å². The normalized spacial score (nSPS) is 11.4. The molecule has 3 heteroatoms. The number of hydrogen-bond donors (Lipinski definition) is 1. The monoisotopic (exact) mass is 320 g/mol. The van der Waals surface area contributed by atoms with Crippen LogP contribution in [0.25, 0.3) is 0 Å². The molecule has 0 aliphatic heterocycles. The molecule has 0 fully saturated rings. The van der Waals surface area contributed by atoms with Crippen molar-refractivity contribution < 1.29 is 5.11 Å². The quantitative estimate of drug-likeness (QED) is 0.365. The molecule has 0 rings (SSSR count). The average molecular weight is 321 g/mol. The van der Waals surface area contributed by atoms with Crippen LogP contribution in [0.15, 0.2) is 0 Å². The van der Waals surface area contributed by atoms with Gasteiger partial charge in [0.25, 0.3) is 0 Å². The summed E-state index contributed by atoms with van der Waals surface area (Å²) >= 11 is 3.86. The van der Waals surface area contributed by atoms with Crippen LogP contribution in [0.2, 0.25) is 0 Å². The Morgan fingerprint density at radius 2 is 1.05 bits per heavy atom. The first-order chi connectivity index (χ1) is 9.81. The highest BCUT2D eigenvalue weighted by Crippen LogP contribution is 2.14. The molecule has 0 aliphatic rings. The lowest BCUT2D eigenvalue weighted by Crippen LogP contribution is -2.13. The minimum absolute atomic E-state index is 0.101. The molecule has 0 aliphatic carbocycles. The van der Waals surface area contributed by atoms with Crippen LogP contribution in [0.5, 0.6) is 0 Å². The van der Waals surface area contributed by atoms with Gasteiger partial charge in [0, 0.05) is 11.5 Å². The molecule has 1 N–H and O–H groups in total. The Morgan fingerprint density at radius 1 is 0.650 bits per heavy atom. The lowest BCUT2D eigenvalue weighted by atomic mass is 10.2. The molecule has 0 aromatic carbocycles. The van der Waals surface area contributed by atoms with Crippen molar-refractivity contribution in [3.63, 3.8) is 0 Å². The summed E-state index contributed by atoms with van der Waals surface area (Å²) in [7, 11) is 0. The number of aliphatic hydroxyl groups excluding tert-OH is 1. The number of aliphatic hydroxyl groups is 1. The van der Waals surface area contributed by atoms with E-state index < -0.39 is 0 Å². The van der Waals surface area contributed by atoms with Gasteiger partial charge in [0.2, 0.25) is 0 Å². The summed E-state index contributed by atoms with van der Waals surface area (Å²) in [6.07, 6.45) is 13.4. The standard InChI is InChI=1S/C17H36OS2/c1-3-5-7-9-11-13-19-15-17(18)16-20-14-12-10-8-6-4-2/h17-18H,3-16H2,1-2H3. The molecule has 0 aromatic heterocycles. The van der Waals surface area contributed by atoms with Crippen LogP contribution >= 0.6 is 23.5 Å². The van der Waals surface area contributed by atoms with E-state index in [1.54, 1.807) is 0 Å². The molecule has 20 heavy (non-hydrogen) atoms. The molecule has 0 atom stereocenters. The SMILES string of the molecule is CCCCCCCSCC(O)CSCCCCCCC. The van der Waals surface area contributed by atoms with Crippen molar-refractivity contribution >= 4 is 23.5 Å². The minimum Gasteiger partial charge on any atom is -0.391 e. The molecule has 1 nitrogen and oxygen atoms in total. The Hall–Kier alpha value is 0.660. The maximum atomic E-state index is 9.89. The van der Waals surface area contributed by atoms with Gasteiger partial charge in [-0.25, -0.2) is 0 Å². The molecule has 0 amide bonds. The van der Waals surface area contributed by atoms with Gasteiger partial charge in [-0.3, -0.25) is 0 Å². The maximum absolute atomic E-state index is 9.89. The molecule has 0 aromatic rings. The number of hydrogen-bond acceptors (Lipinski definition) is 3. The molecule has 0 saturated heterocycles. The summed E-state index contributed by atoms with van der Waals surface area (Å²) in [5, 5.41) is 9.89. The molecule has 122 valence electrons. The first-order valence-corrected chi connectivity index (χ1v) is 11.0. The molecule has 0 unspecified atom stereocenters. The van der Waals surface area contributed by atoms with E-state index in [1.807, 2.05) is 23.5 Å². The zero-order valence-electron chi connectivity index (χ0n) is 13.7. The van der Waals surface area contributed by atoms with Gasteiger partial charge in [0.1, 0.15) is 0 Å². The van der Waals surface area contributed by atoms with Crippen molar-refractivity contribution in [2.24, 2.45) is 0 Å². The van der Waals surface area contributed by atoms with E-state index in [9.17, 15) is 5.11 Å². The third-order valence-electron chi connectivity index (χ3n) is 3.40. The van der Waals surface area contributed by atoms with Crippen LogP contribution in [-0.4, -0.2) is 34.2 Å². The lowest BCUT2D eigenvalue weighted by molar-refractivity contribution is 0.225. The number of unbranched alkanes of at least 4 members (excludes halogenated alkanes) is 8. The predicted molar refractivity (Wildman–Crippen MR) is 98.2 cm³/mol. The Labute approximate surface area is 136 Å². The van der Waals surface area contributed by atoms with E-state index in [2.05, 4.69) is 13.8 Å². The van der Waals surface area contributed by atoms with Crippen molar-refractivity contribution in [3.05, 3.63) is 0 Å². The molecule has 0 heterocycles. The van der Waals surface area contributed by atoms with E-state index in [0.29, 0.717) is 0 Å². The first-order valence-electron chi connectivity index (χ1n) is 8.64. The fourth-order valence-corrected chi connectivity index (χ4v) is 4.18. The highest BCUT2D eigenvalue weighted by molar-refractivity contribution is 8.00. The van der Waals surface area contributed by atoms with Crippen LogP contribution in [0.3, 0.4) is 0 Å². The molecule has 0 saturated carbocycles. The summed E-state index contributed by atoms with van der Waals surface area (Å²) in [5.74, 6) is 4.30. The molecule has 0 radical (unpaired) electrons. The van der Waals surface area contributed by atoms with Gasteiger partial charge >= 0.3 is 0 Å². The van der Waals surface area contributed by atoms with Crippen molar-refractivity contribution in [1.82, 2.24) is 0 Å². The van der Waals surface area contributed by atoms with Crippen LogP contribution in [0.1, 0.15) is 78.1 Å². The summed E-state index contributed by atoms with van der Waals surface area (Å²) in [5.41, 5.74) is 0. The second-order valence-electron chi connectivity index (χ2n) is 5.63. The third kappa shape index (κ3) is 16.7. The zero-order valence-corrected chi connectivity index (χ0v) is 15.4. The Bertz CT molecular complexity index is 158. The molecule has 0 spiro atoms. The van der Waals surface area contributed by atoms with E-state index in [4.69, 9.17) is 0 Å². The van der Waals surface area contributed by atoms with E-state index in [-0.39, 0.29) is 6.10 Å². The largest absolute Gasteiger partial charge is 0.391 e. The fraction of sp³-hybridized carbons (Fsp3) is 1.00. The summed E-state index contributed by atoms with van der Waals surface area (Å²) < 4.78 is 0. The minimum atomic E-state index is -0.101. The Morgan fingerprint density at radius 3 is 1.45 bits per heavy atom. The molecule has 0 bridgehead atoms. The summed E-state index contributed by atoms with van der Waals surface area (Å²) in [4.78, 5) is 0. The van der Waals surface area contributed by atoms with Gasteiger partial charge in [-0.2, -0.15) is 23.5 Å². The topological polar surface area (TPSA) is 20.2 Å². The fourth-order valence-electron chi connectivity index (χ4n) is 2.10. The lowest BCUT2D eigenvalue weighted by Gasteiger charge is -2.10. The second kappa shape index (κ2) is 17.7. The van der Waals surface area contributed by atoms with Gasteiger partial charge < -0.3 is 5.11 Å². The summed E-state index contributed by atoms with van der Waals surface area (Å²) in [6, 6.07) is 0. The number of rotatable bonds is 16. The van der Waals surface area contributed by atoms with Crippen molar-refractivity contribution in [1.29, 1.82) is 0 Å². The average Bonchev–Trinajstić information content (AvgIpc) is 2.45. The van der Waals surface area contributed by atoms with Gasteiger partial charge in [0.05, 0.1) is 6.10 Å².